The van der Waals surface area contributed by atoms with Crippen molar-refractivity contribution in [2.45, 2.75) is 52.0 Å². The number of carbonyl (C=O) groups is 1. The molecule has 4 heteroatoms. The van der Waals surface area contributed by atoms with Crippen molar-refractivity contribution in [1.82, 2.24) is 0 Å². The largest absolute Gasteiger partial charge is 0.465 e. The molecule has 1 unspecified atom stereocenters. The van der Waals surface area contributed by atoms with Gasteiger partial charge in [0.1, 0.15) is 5.82 Å². The maximum absolute atomic E-state index is 13.5. The first-order chi connectivity index (χ1) is 9.91. The number of hydrogen-bond donors (Lipinski definition) is 1. The zero-order valence-electron chi connectivity index (χ0n) is 13.0. The number of benzene rings is 1. The number of ether oxygens (including phenoxy) is 1. The average Bonchev–Trinajstić information content (AvgIpc) is 2.60. The topological polar surface area (TPSA) is 38.3 Å². The molecule has 0 bridgehead atoms. The molecule has 0 aliphatic heterocycles. The summed E-state index contributed by atoms with van der Waals surface area (Å²) >= 11 is 0. The van der Waals surface area contributed by atoms with E-state index in [1.54, 1.807) is 0 Å². The summed E-state index contributed by atoms with van der Waals surface area (Å²) in [5, 5.41) is 3.34. The van der Waals surface area contributed by atoms with Crippen molar-refractivity contribution >= 4 is 11.7 Å². The minimum Gasteiger partial charge on any atom is -0.465 e. The molecule has 3 nitrogen and oxygen atoms in total. The quantitative estimate of drug-likeness (QED) is 0.664. The molecule has 116 valence electrons. The Morgan fingerprint density at radius 1 is 1.33 bits per heavy atom. The van der Waals surface area contributed by atoms with E-state index in [9.17, 15) is 9.18 Å². The van der Waals surface area contributed by atoms with Crippen LogP contribution in [0, 0.1) is 11.2 Å². The Morgan fingerprint density at radius 2 is 2.10 bits per heavy atom. The molecule has 0 radical (unpaired) electrons. The lowest BCUT2D eigenvalue weighted by Crippen LogP contribution is -2.21. The third kappa shape index (κ3) is 4.19. The molecule has 1 saturated carbocycles. The van der Waals surface area contributed by atoms with Crippen LogP contribution in [0.15, 0.2) is 18.2 Å². The molecular formula is C17H24FNO2. The lowest BCUT2D eigenvalue weighted by molar-refractivity contribution is 0.0601. The van der Waals surface area contributed by atoms with Crippen molar-refractivity contribution in [1.29, 1.82) is 0 Å². The van der Waals surface area contributed by atoms with Gasteiger partial charge >= 0.3 is 5.97 Å². The third-order valence-corrected chi connectivity index (χ3v) is 4.32. The van der Waals surface area contributed by atoms with Crippen LogP contribution < -0.4 is 5.32 Å². The van der Waals surface area contributed by atoms with Crippen LogP contribution >= 0.6 is 0 Å². The van der Waals surface area contributed by atoms with Gasteiger partial charge in [-0.15, -0.1) is 0 Å². The van der Waals surface area contributed by atoms with Gasteiger partial charge in [-0.2, -0.15) is 0 Å². The lowest BCUT2D eigenvalue weighted by Gasteiger charge is -2.23. The van der Waals surface area contributed by atoms with Gasteiger partial charge in [-0.3, -0.25) is 0 Å². The Bertz CT molecular complexity index is 514. The number of esters is 1. The standard InChI is InChI=1S/C17H24FNO2/c1-17(2)9-4-5-13(8-10-17)19-15-11-12(18)6-7-14(15)16(20)21-3/h6-7,11,13,19H,4-5,8-10H2,1-3H3. The monoisotopic (exact) mass is 293 g/mol. The fourth-order valence-electron chi connectivity index (χ4n) is 2.95. The highest BCUT2D eigenvalue weighted by atomic mass is 19.1. The van der Waals surface area contributed by atoms with Gasteiger partial charge in [-0.1, -0.05) is 20.3 Å². The van der Waals surface area contributed by atoms with Crippen molar-refractivity contribution in [2.75, 3.05) is 12.4 Å². The summed E-state index contributed by atoms with van der Waals surface area (Å²) in [7, 11) is 1.34. The Kier molecular flexibility index (Phi) is 4.86. The van der Waals surface area contributed by atoms with Crippen LogP contribution in [0.1, 0.15) is 56.3 Å². The molecule has 21 heavy (non-hydrogen) atoms. The second-order valence-electron chi connectivity index (χ2n) is 6.62. The van der Waals surface area contributed by atoms with E-state index in [1.165, 1.54) is 31.7 Å². The second-order valence-corrected chi connectivity index (χ2v) is 6.62. The van der Waals surface area contributed by atoms with Gasteiger partial charge < -0.3 is 10.1 Å². The molecular weight excluding hydrogens is 269 g/mol. The molecule has 1 atom stereocenters. The molecule has 1 aliphatic carbocycles. The fourth-order valence-corrected chi connectivity index (χ4v) is 2.95. The summed E-state index contributed by atoms with van der Waals surface area (Å²) in [6.07, 6.45) is 5.56. The van der Waals surface area contributed by atoms with Crippen molar-refractivity contribution < 1.29 is 13.9 Å². The summed E-state index contributed by atoms with van der Waals surface area (Å²) in [6, 6.07) is 4.41. The molecule has 0 heterocycles. The Hall–Kier alpha value is -1.58. The summed E-state index contributed by atoms with van der Waals surface area (Å²) in [5.41, 5.74) is 1.29. The smallest absolute Gasteiger partial charge is 0.339 e. The molecule has 2 rings (SSSR count). The number of hydrogen-bond acceptors (Lipinski definition) is 3. The second kappa shape index (κ2) is 6.46. The van der Waals surface area contributed by atoms with Gasteiger partial charge in [0.2, 0.25) is 0 Å². The normalized spacial score (nSPS) is 21.4. The predicted molar refractivity (Wildman–Crippen MR) is 82.0 cm³/mol. The first kappa shape index (κ1) is 15.8. The van der Waals surface area contributed by atoms with Crippen molar-refractivity contribution in [3.63, 3.8) is 0 Å². The summed E-state index contributed by atoms with van der Waals surface area (Å²) in [6.45, 7) is 4.58. The molecule has 0 saturated heterocycles. The molecule has 0 amide bonds. The van der Waals surface area contributed by atoms with E-state index in [0.29, 0.717) is 16.7 Å². The van der Waals surface area contributed by atoms with Crippen LogP contribution in [0.5, 0.6) is 0 Å². The molecule has 1 fully saturated rings. The number of nitrogens with one attached hydrogen (secondary N) is 1. The maximum atomic E-state index is 13.5. The predicted octanol–water partition coefficient (Wildman–Crippen LogP) is 4.38. The Morgan fingerprint density at radius 3 is 2.81 bits per heavy atom. The first-order valence-corrected chi connectivity index (χ1v) is 7.56. The zero-order valence-corrected chi connectivity index (χ0v) is 13.0. The van der Waals surface area contributed by atoms with Crippen LogP contribution in [0.2, 0.25) is 0 Å². The fraction of sp³-hybridized carbons (Fsp3) is 0.588. The summed E-state index contributed by atoms with van der Waals surface area (Å²) < 4.78 is 18.2. The van der Waals surface area contributed by atoms with Gasteiger partial charge in [-0.25, -0.2) is 9.18 Å². The molecule has 1 aromatic rings. The van der Waals surface area contributed by atoms with Crippen LogP contribution in [-0.4, -0.2) is 19.1 Å². The lowest BCUT2D eigenvalue weighted by atomic mass is 9.85. The van der Waals surface area contributed by atoms with E-state index in [2.05, 4.69) is 19.2 Å². The van der Waals surface area contributed by atoms with Crippen LogP contribution in [-0.2, 0) is 4.74 Å². The molecule has 0 aromatic heterocycles. The van der Waals surface area contributed by atoms with E-state index in [4.69, 9.17) is 4.74 Å². The average molecular weight is 293 g/mol. The number of methoxy groups -OCH3 is 1. The summed E-state index contributed by atoms with van der Waals surface area (Å²) in [5.74, 6) is -0.787. The number of rotatable bonds is 3. The van der Waals surface area contributed by atoms with Crippen LogP contribution in [0.4, 0.5) is 10.1 Å². The number of halogens is 1. The minimum atomic E-state index is -0.438. The number of carbonyl (C=O) groups excluding carboxylic acids is 1. The van der Waals surface area contributed by atoms with Crippen molar-refractivity contribution in [3.8, 4) is 0 Å². The highest BCUT2D eigenvalue weighted by Crippen LogP contribution is 2.35. The Balaban J connectivity index is 2.15. The van der Waals surface area contributed by atoms with E-state index in [-0.39, 0.29) is 11.9 Å². The van der Waals surface area contributed by atoms with E-state index in [0.717, 1.165) is 25.7 Å². The molecule has 1 aromatic carbocycles. The van der Waals surface area contributed by atoms with E-state index < -0.39 is 5.97 Å². The van der Waals surface area contributed by atoms with Gasteiger partial charge in [0, 0.05) is 6.04 Å². The van der Waals surface area contributed by atoms with Gasteiger partial charge in [0.25, 0.3) is 0 Å². The van der Waals surface area contributed by atoms with Crippen LogP contribution in [0.25, 0.3) is 0 Å². The van der Waals surface area contributed by atoms with Gasteiger partial charge in [0.15, 0.2) is 0 Å². The molecule has 0 spiro atoms. The Labute approximate surface area is 125 Å². The molecule has 1 aliphatic rings. The van der Waals surface area contributed by atoms with E-state index >= 15 is 0 Å². The third-order valence-electron chi connectivity index (χ3n) is 4.32. The zero-order chi connectivity index (χ0) is 15.5. The van der Waals surface area contributed by atoms with Gasteiger partial charge in [-0.05, 0) is 49.3 Å². The van der Waals surface area contributed by atoms with Crippen molar-refractivity contribution in [3.05, 3.63) is 29.6 Å². The van der Waals surface area contributed by atoms with Crippen LogP contribution in [0.3, 0.4) is 0 Å². The summed E-state index contributed by atoms with van der Waals surface area (Å²) in [4.78, 5) is 11.8. The van der Waals surface area contributed by atoms with Crippen molar-refractivity contribution in [2.24, 2.45) is 5.41 Å². The van der Waals surface area contributed by atoms with E-state index in [1.807, 2.05) is 0 Å². The van der Waals surface area contributed by atoms with Gasteiger partial charge in [0.05, 0.1) is 18.4 Å². The molecule has 1 N–H and O–H groups in total. The minimum absolute atomic E-state index is 0.275. The SMILES string of the molecule is COC(=O)c1ccc(F)cc1NC1CCCC(C)(C)CC1. The first-order valence-electron chi connectivity index (χ1n) is 7.56. The number of anilines is 1. The highest BCUT2D eigenvalue weighted by Gasteiger charge is 2.25. The maximum Gasteiger partial charge on any atom is 0.339 e. The highest BCUT2D eigenvalue weighted by molar-refractivity contribution is 5.95.